The van der Waals surface area contributed by atoms with Crippen molar-refractivity contribution in [3.8, 4) is 11.5 Å². The molecule has 3 rings (SSSR count). The molecule has 10 heteroatoms. The summed E-state index contributed by atoms with van der Waals surface area (Å²) in [5, 5.41) is 5.40. The number of hydrogen-bond donors (Lipinski definition) is 2. The molecule has 0 aliphatic carbocycles. The molecule has 1 heterocycles. The maximum absolute atomic E-state index is 12.7. The molecule has 0 aromatic heterocycles. The average Bonchev–Trinajstić information content (AvgIpc) is 3.26. The lowest BCUT2D eigenvalue weighted by molar-refractivity contribution is -0.123. The summed E-state index contributed by atoms with van der Waals surface area (Å²) in [5.41, 5.74) is 0.780. The van der Waals surface area contributed by atoms with Gasteiger partial charge in [0.1, 0.15) is 0 Å². The quantitative estimate of drug-likeness (QED) is 0.316. The van der Waals surface area contributed by atoms with Crippen molar-refractivity contribution in [2.45, 2.75) is 17.9 Å². The number of benzene rings is 2. The number of fused-ring (bicyclic) bond motifs is 1. The van der Waals surface area contributed by atoms with Crippen LogP contribution in [0, 0.1) is 0 Å². The van der Waals surface area contributed by atoms with Crippen molar-refractivity contribution in [1.29, 1.82) is 0 Å². The maximum atomic E-state index is 12.7. The second kappa shape index (κ2) is 11.4. The van der Waals surface area contributed by atoms with E-state index in [1.807, 2.05) is 0 Å². The van der Waals surface area contributed by atoms with Gasteiger partial charge in [0.05, 0.1) is 17.9 Å². The number of methoxy groups -OCH3 is 1. The Morgan fingerprint density at radius 3 is 2.72 bits per heavy atom. The van der Waals surface area contributed by atoms with Gasteiger partial charge in [0.15, 0.2) is 17.6 Å². The zero-order chi connectivity index (χ0) is 22.9. The predicted octanol–water partition coefficient (Wildman–Crippen LogP) is 2.45. The first-order valence-electron chi connectivity index (χ1n) is 9.87. The van der Waals surface area contributed by atoms with Gasteiger partial charge < -0.3 is 29.6 Å². The van der Waals surface area contributed by atoms with Gasteiger partial charge in [-0.2, -0.15) is 0 Å². The molecule has 0 bridgehead atoms. The summed E-state index contributed by atoms with van der Waals surface area (Å²) in [4.78, 5) is 37.6. The van der Waals surface area contributed by atoms with Gasteiger partial charge >= 0.3 is 5.97 Å². The minimum Gasteiger partial charge on any atom is -0.454 e. The van der Waals surface area contributed by atoms with Crippen molar-refractivity contribution in [1.82, 2.24) is 5.32 Å². The minimum atomic E-state index is -1.04. The van der Waals surface area contributed by atoms with Crippen LogP contribution in [0.5, 0.6) is 11.5 Å². The monoisotopic (exact) mass is 460 g/mol. The van der Waals surface area contributed by atoms with E-state index in [1.165, 1.54) is 18.7 Å². The number of carbonyl (C=O) groups is 3. The normalized spacial score (nSPS) is 12.7. The maximum Gasteiger partial charge on any atom is 0.340 e. The molecule has 0 fully saturated rings. The summed E-state index contributed by atoms with van der Waals surface area (Å²) in [6, 6.07) is 11.8. The predicted molar refractivity (Wildman–Crippen MR) is 118 cm³/mol. The number of ether oxygens (including phenoxy) is 4. The average molecular weight is 461 g/mol. The van der Waals surface area contributed by atoms with E-state index in [0.29, 0.717) is 35.2 Å². The number of amides is 2. The molecule has 0 saturated heterocycles. The molecular formula is C22H24N2O7S. The van der Waals surface area contributed by atoms with Crippen molar-refractivity contribution in [3.05, 3.63) is 48.0 Å². The first-order chi connectivity index (χ1) is 15.5. The first-order valence-corrected chi connectivity index (χ1v) is 10.9. The molecule has 0 spiro atoms. The van der Waals surface area contributed by atoms with Crippen molar-refractivity contribution in [3.63, 3.8) is 0 Å². The fraction of sp³-hybridized carbons (Fsp3) is 0.318. The van der Waals surface area contributed by atoms with Gasteiger partial charge in [-0.05, 0) is 31.2 Å². The molecule has 9 nitrogen and oxygen atoms in total. The number of nitrogens with one attached hydrogen (secondary N) is 2. The van der Waals surface area contributed by atoms with Crippen molar-refractivity contribution in [2.24, 2.45) is 0 Å². The first kappa shape index (κ1) is 23.4. The summed E-state index contributed by atoms with van der Waals surface area (Å²) >= 11 is 1.21. The molecular weight excluding hydrogens is 436 g/mol. The molecule has 2 amide bonds. The third kappa shape index (κ3) is 6.38. The Morgan fingerprint density at radius 1 is 1.12 bits per heavy atom. The highest BCUT2D eigenvalue weighted by Gasteiger charge is 2.22. The zero-order valence-electron chi connectivity index (χ0n) is 17.7. The lowest BCUT2D eigenvalue weighted by Crippen LogP contribution is -2.30. The molecule has 2 aromatic rings. The third-order valence-electron chi connectivity index (χ3n) is 4.39. The fourth-order valence-electron chi connectivity index (χ4n) is 2.74. The molecule has 1 atom stereocenters. The van der Waals surface area contributed by atoms with Gasteiger partial charge in [0.2, 0.25) is 12.7 Å². The second-order valence-electron chi connectivity index (χ2n) is 6.73. The number of thioether (sulfide) groups is 1. The zero-order valence-corrected chi connectivity index (χ0v) is 18.5. The molecule has 170 valence electrons. The van der Waals surface area contributed by atoms with Gasteiger partial charge in [0.25, 0.3) is 5.91 Å². The van der Waals surface area contributed by atoms with Crippen LogP contribution in [0.25, 0.3) is 0 Å². The minimum absolute atomic E-state index is 0.132. The number of carbonyl (C=O) groups excluding carboxylic acids is 3. The van der Waals surface area contributed by atoms with E-state index >= 15 is 0 Å². The molecule has 0 saturated carbocycles. The number of esters is 1. The Morgan fingerprint density at radius 2 is 1.91 bits per heavy atom. The van der Waals surface area contributed by atoms with E-state index < -0.39 is 18.0 Å². The number of rotatable bonds is 10. The highest BCUT2D eigenvalue weighted by molar-refractivity contribution is 8.00. The fourth-order valence-corrected chi connectivity index (χ4v) is 3.61. The summed E-state index contributed by atoms with van der Waals surface area (Å²) in [5.74, 6) is -0.0462. The Labute approximate surface area is 189 Å². The van der Waals surface area contributed by atoms with E-state index in [1.54, 1.807) is 49.6 Å². The van der Waals surface area contributed by atoms with Crippen LogP contribution < -0.4 is 20.1 Å². The Hall–Kier alpha value is -3.24. The van der Waals surface area contributed by atoms with E-state index in [-0.39, 0.29) is 24.0 Å². The topological polar surface area (TPSA) is 112 Å². The highest BCUT2D eigenvalue weighted by atomic mass is 32.2. The summed E-state index contributed by atoms with van der Waals surface area (Å²) in [6.45, 7) is 2.45. The van der Waals surface area contributed by atoms with Gasteiger partial charge in [-0.3, -0.25) is 9.59 Å². The lowest BCUT2D eigenvalue weighted by atomic mass is 10.2. The molecule has 1 aliphatic rings. The van der Waals surface area contributed by atoms with Crippen molar-refractivity contribution in [2.75, 3.05) is 38.1 Å². The van der Waals surface area contributed by atoms with Crippen LogP contribution in [-0.4, -0.2) is 56.7 Å². The van der Waals surface area contributed by atoms with Gasteiger partial charge in [0, 0.05) is 30.3 Å². The Bertz CT molecular complexity index is 983. The second-order valence-corrected chi connectivity index (χ2v) is 7.75. The molecule has 2 aromatic carbocycles. The lowest BCUT2D eigenvalue weighted by Gasteiger charge is -2.15. The van der Waals surface area contributed by atoms with Crippen LogP contribution >= 0.6 is 11.8 Å². The van der Waals surface area contributed by atoms with Crippen LogP contribution in [0.3, 0.4) is 0 Å². The molecule has 1 unspecified atom stereocenters. The van der Waals surface area contributed by atoms with Crippen LogP contribution in [0.1, 0.15) is 17.3 Å². The van der Waals surface area contributed by atoms with Crippen molar-refractivity contribution >= 4 is 35.2 Å². The largest absolute Gasteiger partial charge is 0.454 e. The Balaban J connectivity index is 1.55. The van der Waals surface area contributed by atoms with Crippen molar-refractivity contribution < 1.29 is 33.3 Å². The smallest absolute Gasteiger partial charge is 0.340 e. The van der Waals surface area contributed by atoms with Crippen LogP contribution in [0.15, 0.2) is 47.4 Å². The van der Waals surface area contributed by atoms with E-state index in [4.69, 9.17) is 18.9 Å². The number of hydrogen-bond acceptors (Lipinski definition) is 8. The van der Waals surface area contributed by atoms with Gasteiger partial charge in [-0.15, -0.1) is 11.8 Å². The van der Waals surface area contributed by atoms with Crippen LogP contribution in [0.2, 0.25) is 0 Å². The number of anilines is 1. The van der Waals surface area contributed by atoms with Gasteiger partial charge in [-0.25, -0.2) is 4.79 Å². The van der Waals surface area contributed by atoms with E-state index in [2.05, 4.69) is 10.6 Å². The molecule has 0 radical (unpaired) electrons. The van der Waals surface area contributed by atoms with Crippen LogP contribution in [-0.2, 0) is 19.1 Å². The summed E-state index contributed by atoms with van der Waals surface area (Å²) in [6.07, 6.45) is -1.04. The molecule has 32 heavy (non-hydrogen) atoms. The van der Waals surface area contributed by atoms with Crippen LogP contribution in [0.4, 0.5) is 5.69 Å². The van der Waals surface area contributed by atoms with E-state index in [0.717, 1.165) is 0 Å². The van der Waals surface area contributed by atoms with Gasteiger partial charge in [-0.1, -0.05) is 12.1 Å². The standard InChI is InChI=1S/C22H24N2O7S/c1-14(21(26)24-15-7-8-17-18(11-15)30-13-29-17)31-22(27)16-5-3-4-6-19(16)32-12-20(25)23-9-10-28-2/h3-8,11,14H,9-10,12-13H2,1-2H3,(H,23,25)(H,24,26). The third-order valence-corrected chi connectivity index (χ3v) is 5.46. The Kier molecular flexibility index (Phi) is 8.34. The SMILES string of the molecule is COCCNC(=O)CSc1ccccc1C(=O)OC(C)C(=O)Nc1ccc2c(c1)OCO2. The summed E-state index contributed by atoms with van der Waals surface area (Å²) < 4.78 is 20.8. The molecule has 1 aliphatic heterocycles. The summed E-state index contributed by atoms with van der Waals surface area (Å²) in [7, 11) is 1.55. The highest BCUT2D eigenvalue weighted by Crippen LogP contribution is 2.34. The molecule has 2 N–H and O–H groups in total. The van der Waals surface area contributed by atoms with E-state index in [9.17, 15) is 14.4 Å².